The molecule has 2 aromatic carbocycles. The van der Waals surface area contributed by atoms with Crippen molar-refractivity contribution in [2.45, 2.75) is 65.5 Å². The van der Waals surface area contributed by atoms with Gasteiger partial charge in [0.1, 0.15) is 23.1 Å². The van der Waals surface area contributed by atoms with Crippen molar-refractivity contribution < 1.29 is 42.9 Å². The number of hydrogen-bond donors (Lipinski definition) is 1. The number of carbonyl (C=O) groups is 5. The fourth-order valence-corrected chi connectivity index (χ4v) is 5.08. The van der Waals surface area contributed by atoms with Crippen LogP contribution in [0.25, 0.3) is 0 Å². The first-order valence-corrected chi connectivity index (χ1v) is 15.4. The number of nitrogens with one attached hydrogen (secondary N) is 1. The van der Waals surface area contributed by atoms with Crippen LogP contribution in [0.2, 0.25) is 10.0 Å². The maximum Gasteiger partial charge on any atom is 0.344 e. The maximum absolute atomic E-state index is 12.8. The number of rotatable bonds is 14. The lowest BCUT2D eigenvalue weighted by Gasteiger charge is -2.37. The number of amides is 2. The first-order chi connectivity index (χ1) is 21.6. The number of benzene rings is 2. The standard InChI is InChI=1S/C33H38Cl2N2O9/c1-7-19(2)32(42)23-11-13-26(31(35)30(23)34)44-17-28(40)45-18-29(41)46-21(15-37(20(3)38)33(4,5)6)16-43-25-10-8-9-24-22(25)12-14-27(39)36-24/h8-11,13,21H,2,7,12,14-18H2,1,3-6H3,(H,36,39). The molecule has 1 atom stereocenters. The van der Waals surface area contributed by atoms with Gasteiger partial charge >= 0.3 is 11.9 Å². The Kier molecular flexibility index (Phi) is 12.6. The number of fused-ring (bicyclic) bond motifs is 1. The third-order valence-electron chi connectivity index (χ3n) is 7.04. The Morgan fingerprint density at radius 3 is 2.35 bits per heavy atom. The molecule has 0 bridgehead atoms. The van der Waals surface area contributed by atoms with Crippen LogP contribution in [0.5, 0.6) is 11.5 Å². The van der Waals surface area contributed by atoms with Crippen molar-refractivity contribution in [3.63, 3.8) is 0 Å². The molecule has 1 unspecified atom stereocenters. The second-order valence-corrected chi connectivity index (χ2v) is 12.3. The van der Waals surface area contributed by atoms with Crippen LogP contribution in [-0.2, 0) is 35.1 Å². The number of allylic oxidation sites excluding steroid dienone is 1. The van der Waals surface area contributed by atoms with Crippen molar-refractivity contribution in [3.05, 3.63) is 63.7 Å². The van der Waals surface area contributed by atoms with Crippen LogP contribution in [0, 0.1) is 0 Å². The fraction of sp³-hybridized carbons (Fsp3) is 0.424. The number of ketones is 1. The van der Waals surface area contributed by atoms with E-state index in [0.29, 0.717) is 36.3 Å². The molecular weight excluding hydrogens is 639 g/mol. The number of carbonyl (C=O) groups excluding carboxylic acids is 5. The van der Waals surface area contributed by atoms with Crippen LogP contribution in [0.3, 0.4) is 0 Å². The summed E-state index contributed by atoms with van der Waals surface area (Å²) in [7, 11) is 0. The normalized spacial score (nSPS) is 13.1. The highest BCUT2D eigenvalue weighted by Gasteiger charge is 2.30. The van der Waals surface area contributed by atoms with Crippen LogP contribution >= 0.6 is 23.2 Å². The van der Waals surface area contributed by atoms with Gasteiger partial charge < -0.3 is 29.2 Å². The second-order valence-electron chi connectivity index (χ2n) is 11.5. The average Bonchev–Trinajstić information content (AvgIpc) is 3.00. The van der Waals surface area contributed by atoms with Crippen LogP contribution < -0.4 is 14.8 Å². The molecular formula is C33H38Cl2N2O9. The molecule has 0 fully saturated rings. The first-order valence-electron chi connectivity index (χ1n) is 14.6. The molecule has 3 rings (SSSR count). The number of ether oxygens (including phenoxy) is 4. The Balaban J connectivity index is 1.62. The fourth-order valence-electron chi connectivity index (χ4n) is 4.62. The molecule has 2 amide bonds. The van der Waals surface area contributed by atoms with Crippen LogP contribution in [0.4, 0.5) is 5.69 Å². The molecule has 2 aromatic rings. The summed E-state index contributed by atoms with van der Waals surface area (Å²) in [4.78, 5) is 63.4. The van der Waals surface area contributed by atoms with Crippen LogP contribution in [0.15, 0.2) is 42.5 Å². The third kappa shape index (κ3) is 9.70. The molecule has 0 aliphatic carbocycles. The summed E-state index contributed by atoms with van der Waals surface area (Å²) < 4.78 is 22.1. The van der Waals surface area contributed by atoms with Gasteiger partial charge in [-0.2, -0.15) is 0 Å². The molecule has 0 saturated heterocycles. The Morgan fingerprint density at radius 1 is 0.978 bits per heavy atom. The zero-order chi connectivity index (χ0) is 34.2. The summed E-state index contributed by atoms with van der Waals surface area (Å²) in [5.41, 5.74) is 1.39. The van der Waals surface area contributed by atoms with Gasteiger partial charge in [-0.05, 0) is 63.5 Å². The molecule has 46 heavy (non-hydrogen) atoms. The highest BCUT2D eigenvalue weighted by Crippen LogP contribution is 2.36. The van der Waals surface area contributed by atoms with Gasteiger partial charge in [0.25, 0.3) is 0 Å². The number of nitrogens with zero attached hydrogens (tertiary/aromatic N) is 1. The van der Waals surface area contributed by atoms with Gasteiger partial charge in [0.05, 0.1) is 11.6 Å². The van der Waals surface area contributed by atoms with E-state index < -0.39 is 36.8 Å². The highest BCUT2D eigenvalue weighted by molar-refractivity contribution is 6.45. The van der Waals surface area contributed by atoms with Crippen molar-refractivity contribution >= 4 is 58.4 Å². The molecule has 248 valence electrons. The van der Waals surface area contributed by atoms with Crippen molar-refractivity contribution in [3.8, 4) is 11.5 Å². The molecule has 0 radical (unpaired) electrons. The van der Waals surface area contributed by atoms with Gasteiger partial charge in [0.15, 0.2) is 25.1 Å². The molecule has 0 aromatic heterocycles. The second kappa shape index (κ2) is 16.0. The van der Waals surface area contributed by atoms with Crippen molar-refractivity contribution in [1.82, 2.24) is 4.90 Å². The summed E-state index contributed by atoms with van der Waals surface area (Å²) in [5, 5.41) is 2.70. The summed E-state index contributed by atoms with van der Waals surface area (Å²) in [6, 6.07) is 8.06. The van der Waals surface area contributed by atoms with Crippen molar-refractivity contribution in [1.29, 1.82) is 0 Å². The Labute approximate surface area is 278 Å². The smallest absolute Gasteiger partial charge is 0.344 e. The van der Waals surface area contributed by atoms with E-state index in [0.717, 1.165) is 5.56 Å². The van der Waals surface area contributed by atoms with Gasteiger partial charge in [-0.1, -0.05) is 42.8 Å². The molecule has 13 heteroatoms. The predicted molar refractivity (Wildman–Crippen MR) is 173 cm³/mol. The molecule has 0 saturated carbocycles. The van der Waals surface area contributed by atoms with E-state index in [4.69, 9.17) is 42.1 Å². The zero-order valence-corrected chi connectivity index (χ0v) is 28.0. The number of hydrogen-bond acceptors (Lipinski definition) is 9. The first kappa shape index (κ1) is 36.4. The van der Waals surface area contributed by atoms with Gasteiger partial charge in [0.2, 0.25) is 11.8 Å². The summed E-state index contributed by atoms with van der Waals surface area (Å²) in [5.74, 6) is -1.89. The molecule has 1 heterocycles. The van der Waals surface area contributed by atoms with E-state index in [9.17, 15) is 24.0 Å². The van der Waals surface area contributed by atoms with E-state index in [2.05, 4.69) is 11.9 Å². The summed E-state index contributed by atoms with van der Waals surface area (Å²) >= 11 is 12.5. The number of anilines is 1. The van der Waals surface area contributed by atoms with Crippen LogP contribution in [0.1, 0.15) is 63.4 Å². The minimum Gasteiger partial charge on any atom is -0.489 e. The summed E-state index contributed by atoms with van der Waals surface area (Å²) in [6.07, 6.45) is 0.303. The molecule has 1 aliphatic heterocycles. The monoisotopic (exact) mass is 676 g/mol. The van der Waals surface area contributed by atoms with Gasteiger partial charge in [-0.3, -0.25) is 14.4 Å². The number of esters is 2. The quantitative estimate of drug-likeness (QED) is 0.154. The number of halogens is 2. The van der Waals surface area contributed by atoms with E-state index in [-0.39, 0.29) is 52.1 Å². The van der Waals surface area contributed by atoms with E-state index >= 15 is 0 Å². The lowest BCUT2D eigenvalue weighted by molar-refractivity contribution is -0.166. The van der Waals surface area contributed by atoms with Gasteiger partial charge in [-0.25, -0.2) is 9.59 Å². The molecule has 11 nitrogen and oxygen atoms in total. The van der Waals surface area contributed by atoms with Crippen LogP contribution in [-0.4, -0.2) is 72.4 Å². The predicted octanol–water partition coefficient (Wildman–Crippen LogP) is 5.59. The Bertz CT molecular complexity index is 1520. The van der Waals surface area contributed by atoms with E-state index in [1.807, 2.05) is 20.8 Å². The SMILES string of the molecule is C=C(CC)C(=O)c1ccc(OCC(=O)OCC(=O)OC(COc2cccc3c2CCC(=O)N3)CN(C(C)=O)C(C)(C)C)c(Cl)c1Cl. The Morgan fingerprint density at radius 2 is 1.70 bits per heavy atom. The molecule has 1 N–H and O–H groups in total. The van der Waals surface area contributed by atoms with E-state index in [1.54, 1.807) is 30.0 Å². The molecule has 0 spiro atoms. The average molecular weight is 678 g/mol. The van der Waals surface area contributed by atoms with E-state index in [1.165, 1.54) is 19.1 Å². The lowest BCUT2D eigenvalue weighted by atomic mass is 10.0. The van der Waals surface area contributed by atoms with Gasteiger partial charge in [-0.15, -0.1) is 0 Å². The van der Waals surface area contributed by atoms with Crippen molar-refractivity contribution in [2.24, 2.45) is 0 Å². The summed E-state index contributed by atoms with van der Waals surface area (Å²) in [6.45, 7) is 11.0. The van der Waals surface area contributed by atoms with Crippen molar-refractivity contribution in [2.75, 3.05) is 31.7 Å². The van der Waals surface area contributed by atoms with Gasteiger partial charge in [0, 0.05) is 35.7 Å². The Hall–Kier alpha value is -4.09. The maximum atomic E-state index is 12.8. The largest absolute Gasteiger partial charge is 0.489 e. The molecule has 1 aliphatic rings. The topological polar surface area (TPSA) is 138 Å². The number of Topliss-reactive ketones (excluding diaryl/α,β-unsaturated/α-hetero) is 1. The highest BCUT2D eigenvalue weighted by atomic mass is 35.5. The third-order valence-corrected chi connectivity index (χ3v) is 7.91. The zero-order valence-electron chi connectivity index (χ0n) is 26.5. The minimum atomic E-state index is -0.925. The lowest BCUT2D eigenvalue weighted by Crippen LogP contribution is -2.50. The minimum absolute atomic E-state index is 0.0107.